The third-order valence-electron chi connectivity index (χ3n) is 1.86. The number of ether oxygens (including phenoxy) is 1. The van der Waals surface area contributed by atoms with E-state index in [9.17, 15) is 10.1 Å². The van der Waals surface area contributed by atoms with E-state index in [1.165, 1.54) is 18.3 Å². The van der Waals surface area contributed by atoms with Gasteiger partial charge in [-0.05, 0) is 6.92 Å². The van der Waals surface area contributed by atoms with Gasteiger partial charge in [0.05, 0.1) is 24.2 Å². The van der Waals surface area contributed by atoms with Crippen molar-refractivity contribution in [3.63, 3.8) is 0 Å². The number of nitrogens with zero attached hydrogens (tertiary/aromatic N) is 2. The first-order chi connectivity index (χ1) is 8.09. The second kappa shape index (κ2) is 6.59. The Morgan fingerprint density at radius 2 is 2.47 bits per heavy atom. The van der Waals surface area contributed by atoms with E-state index in [1.807, 2.05) is 6.92 Å². The lowest BCUT2D eigenvalue weighted by Crippen LogP contribution is -2.11. The van der Waals surface area contributed by atoms with Crippen LogP contribution < -0.4 is 5.32 Å². The summed E-state index contributed by atoms with van der Waals surface area (Å²) in [6, 6.07) is 2.74. The van der Waals surface area contributed by atoms with Gasteiger partial charge in [-0.25, -0.2) is 4.98 Å². The Balaban J connectivity index is 2.34. The van der Waals surface area contributed by atoms with Crippen LogP contribution in [0.3, 0.4) is 0 Å². The second-order valence-electron chi connectivity index (χ2n) is 3.59. The van der Waals surface area contributed by atoms with E-state index >= 15 is 0 Å². The van der Waals surface area contributed by atoms with Gasteiger partial charge in [0.15, 0.2) is 0 Å². The molecule has 0 saturated carbocycles. The molecule has 17 heavy (non-hydrogen) atoms. The first kappa shape index (κ1) is 13.1. The van der Waals surface area contributed by atoms with Crippen LogP contribution in [-0.2, 0) is 4.74 Å². The summed E-state index contributed by atoms with van der Waals surface area (Å²) >= 11 is 0. The highest BCUT2D eigenvalue weighted by Crippen LogP contribution is 2.13. The number of aromatic nitrogens is 1. The number of nitro groups is 1. The van der Waals surface area contributed by atoms with Crippen molar-refractivity contribution in [3.05, 3.63) is 40.6 Å². The van der Waals surface area contributed by atoms with E-state index < -0.39 is 4.92 Å². The van der Waals surface area contributed by atoms with Gasteiger partial charge in [0, 0.05) is 18.8 Å². The van der Waals surface area contributed by atoms with Crippen LogP contribution in [0.4, 0.5) is 11.5 Å². The van der Waals surface area contributed by atoms with Gasteiger partial charge in [-0.1, -0.05) is 12.2 Å². The molecule has 0 aliphatic heterocycles. The van der Waals surface area contributed by atoms with Gasteiger partial charge in [-0.15, -0.1) is 0 Å². The predicted octanol–water partition coefficient (Wildman–Crippen LogP) is 1.99. The molecule has 0 aliphatic rings. The van der Waals surface area contributed by atoms with Crippen LogP contribution in [0.25, 0.3) is 0 Å². The largest absolute Gasteiger partial charge is 0.375 e. The van der Waals surface area contributed by atoms with Crippen LogP contribution >= 0.6 is 0 Å². The van der Waals surface area contributed by atoms with E-state index in [0.717, 1.165) is 5.57 Å². The Kier molecular flexibility index (Phi) is 5.09. The molecule has 0 spiro atoms. The van der Waals surface area contributed by atoms with Crippen LogP contribution in [0.2, 0.25) is 0 Å². The monoisotopic (exact) mass is 237 g/mol. The zero-order valence-corrected chi connectivity index (χ0v) is 9.68. The Morgan fingerprint density at radius 1 is 1.71 bits per heavy atom. The molecule has 1 rings (SSSR count). The fraction of sp³-hybridized carbons (Fsp3) is 0.364. The molecule has 0 fully saturated rings. The molecule has 0 aliphatic carbocycles. The molecular formula is C11H15N3O3. The third-order valence-corrected chi connectivity index (χ3v) is 1.86. The smallest absolute Gasteiger partial charge is 0.274 e. The lowest BCUT2D eigenvalue weighted by atomic mass is 10.4. The molecule has 1 N–H and O–H groups in total. The Hall–Kier alpha value is -1.95. The highest BCUT2D eigenvalue weighted by atomic mass is 16.6. The quantitative estimate of drug-likeness (QED) is 0.339. The summed E-state index contributed by atoms with van der Waals surface area (Å²) in [7, 11) is 0. The molecule has 1 aromatic heterocycles. The minimum Gasteiger partial charge on any atom is -0.375 e. The maximum atomic E-state index is 10.5. The van der Waals surface area contributed by atoms with Crippen LogP contribution in [-0.4, -0.2) is 29.7 Å². The van der Waals surface area contributed by atoms with Crippen LogP contribution in [0, 0.1) is 10.1 Å². The van der Waals surface area contributed by atoms with Crippen molar-refractivity contribution < 1.29 is 9.66 Å². The van der Waals surface area contributed by atoms with E-state index in [-0.39, 0.29) is 5.69 Å². The molecule has 6 heteroatoms. The standard InChI is InChI=1S/C11H15N3O3/c1-9(2)8-17-6-5-13-11-7-10(14(15)16)3-4-12-11/h3-4,7H,1,5-6,8H2,2H3,(H,12,13). The number of hydrogen-bond donors (Lipinski definition) is 1. The highest BCUT2D eigenvalue weighted by molar-refractivity contribution is 5.44. The molecule has 92 valence electrons. The Labute approximate surface area is 99.5 Å². The van der Waals surface area contributed by atoms with Crippen LogP contribution in [0.15, 0.2) is 30.5 Å². The predicted molar refractivity (Wildman–Crippen MR) is 65.0 cm³/mol. The van der Waals surface area contributed by atoms with Crippen LogP contribution in [0.1, 0.15) is 6.92 Å². The zero-order valence-electron chi connectivity index (χ0n) is 9.68. The third kappa shape index (κ3) is 5.07. The van der Waals surface area contributed by atoms with Gasteiger partial charge in [0.1, 0.15) is 5.82 Å². The van der Waals surface area contributed by atoms with Gasteiger partial charge in [-0.2, -0.15) is 0 Å². The molecular weight excluding hydrogens is 222 g/mol. The average Bonchev–Trinajstić information content (AvgIpc) is 2.28. The van der Waals surface area contributed by atoms with E-state index in [0.29, 0.717) is 25.6 Å². The lowest BCUT2D eigenvalue weighted by molar-refractivity contribution is -0.384. The van der Waals surface area contributed by atoms with E-state index in [2.05, 4.69) is 16.9 Å². The minimum atomic E-state index is -0.454. The number of hydrogen-bond acceptors (Lipinski definition) is 5. The van der Waals surface area contributed by atoms with E-state index in [4.69, 9.17) is 4.74 Å². The van der Waals surface area contributed by atoms with Gasteiger partial charge >= 0.3 is 0 Å². The molecule has 0 atom stereocenters. The number of anilines is 1. The summed E-state index contributed by atoms with van der Waals surface area (Å²) in [5, 5.41) is 13.5. The molecule has 0 unspecified atom stereocenters. The first-order valence-electron chi connectivity index (χ1n) is 5.16. The molecule has 0 aromatic carbocycles. The van der Waals surface area contributed by atoms with E-state index in [1.54, 1.807) is 0 Å². The van der Waals surface area contributed by atoms with Crippen LogP contribution in [0.5, 0.6) is 0 Å². The van der Waals surface area contributed by atoms with Crippen molar-refractivity contribution >= 4 is 11.5 Å². The zero-order chi connectivity index (χ0) is 12.7. The summed E-state index contributed by atoms with van der Waals surface area (Å²) in [4.78, 5) is 14.0. The Bertz CT molecular complexity index is 407. The average molecular weight is 237 g/mol. The fourth-order valence-electron chi connectivity index (χ4n) is 1.13. The lowest BCUT2D eigenvalue weighted by Gasteiger charge is -2.06. The summed E-state index contributed by atoms with van der Waals surface area (Å²) in [6.45, 7) is 7.15. The van der Waals surface area contributed by atoms with Gasteiger partial charge in [0.25, 0.3) is 5.69 Å². The molecule has 6 nitrogen and oxygen atoms in total. The molecule has 0 amide bonds. The second-order valence-corrected chi connectivity index (χ2v) is 3.59. The summed E-state index contributed by atoms with van der Waals surface area (Å²) < 4.78 is 5.27. The number of pyridine rings is 1. The van der Waals surface area contributed by atoms with Crippen molar-refractivity contribution in [1.82, 2.24) is 4.98 Å². The van der Waals surface area contributed by atoms with Gasteiger partial charge in [0.2, 0.25) is 0 Å². The number of rotatable bonds is 7. The maximum absolute atomic E-state index is 10.5. The first-order valence-corrected chi connectivity index (χ1v) is 5.16. The molecule has 0 bridgehead atoms. The van der Waals surface area contributed by atoms with Crippen molar-refractivity contribution in [2.24, 2.45) is 0 Å². The summed E-state index contributed by atoms with van der Waals surface area (Å²) in [5.74, 6) is 0.470. The van der Waals surface area contributed by atoms with Crippen molar-refractivity contribution in [2.75, 3.05) is 25.1 Å². The Morgan fingerprint density at radius 3 is 3.12 bits per heavy atom. The van der Waals surface area contributed by atoms with Crippen molar-refractivity contribution in [1.29, 1.82) is 0 Å². The molecule has 1 aromatic rings. The topological polar surface area (TPSA) is 77.3 Å². The SMILES string of the molecule is C=C(C)COCCNc1cc([N+](=O)[O-])ccn1. The summed E-state index contributed by atoms with van der Waals surface area (Å²) in [5.41, 5.74) is 0.976. The summed E-state index contributed by atoms with van der Waals surface area (Å²) in [6.07, 6.45) is 1.40. The maximum Gasteiger partial charge on any atom is 0.274 e. The number of nitrogens with one attached hydrogen (secondary N) is 1. The van der Waals surface area contributed by atoms with Gasteiger partial charge in [-0.3, -0.25) is 10.1 Å². The van der Waals surface area contributed by atoms with Crippen molar-refractivity contribution in [3.8, 4) is 0 Å². The minimum absolute atomic E-state index is 0.0188. The molecule has 0 saturated heterocycles. The van der Waals surface area contributed by atoms with Crippen molar-refractivity contribution in [2.45, 2.75) is 6.92 Å². The van der Waals surface area contributed by atoms with Gasteiger partial charge < -0.3 is 10.1 Å². The highest BCUT2D eigenvalue weighted by Gasteiger charge is 2.05. The molecule has 0 radical (unpaired) electrons. The fourth-order valence-corrected chi connectivity index (χ4v) is 1.13. The normalized spacial score (nSPS) is 9.94. The molecule has 1 heterocycles.